The van der Waals surface area contributed by atoms with Crippen LogP contribution in [0.3, 0.4) is 0 Å². The second-order valence-corrected chi connectivity index (χ2v) is 6.85. The Labute approximate surface area is 206 Å². The van der Waals surface area contributed by atoms with Crippen molar-refractivity contribution >= 4 is 17.6 Å². The molecule has 3 heterocycles. The number of ether oxygens (including phenoxy) is 3. The summed E-state index contributed by atoms with van der Waals surface area (Å²) < 4.78 is 21.1. The van der Waals surface area contributed by atoms with Gasteiger partial charge >= 0.3 is 0 Å². The van der Waals surface area contributed by atoms with Gasteiger partial charge in [0.05, 0.1) is 19.8 Å². The van der Waals surface area contributed by atoms with Crippen LogP contribution >= 0.6 is 0 Å². The summed E-state index contributed by atoms with van der Waals surface area (Å²) in [5, 5.41) is 0. The summed E-state index contributed by atoms with van der Waals surface area (Å²) in [7, 11) is 3.22. The number of methoxy groups -OCH3 is 1. The third-order valence-electron chi connectivity index (χ3n) is 3.85. The van der Waals surface area contributed by atoms with E-state index in [1.807, 2.05) is 6.92 Å². The van der Waals surface area contributed by atoms with E-state index in [0.717, 1.165) is 24.7 Å². The van der Waals surface area contributed by atoms with Crippen LogP contribution in [0.1, 0.15) is 58.3 Å². The minimum absolute atomic E-state index is 0. The third-order valence-corrected chi connectivity index (χ3v) is 3.85. The number of rotatable bonds is 3. The zero-order valence-corrected chi connectivity index (χ0v) is 20.7. The Balaban J connectivity index is -0.000000101. The number of carbonyl (C=O) groups excluding carboxylic acids is 3. The molecule has 0 bridgehead atoms. The molecular formula is C23H44NO6W-. The van der Waals surface area contributed by atoms with Gasteiger partial charge in [-0.2, -0.15) is 7.95 Å². The first-order valence-electron chi connectivity index (χ1n) is 9.09. The van der Waals surface area contributed by atoms with Gasteiger partial charge in [-0.15, -0.1) is 0 Å². The van der Waals surface area contributed by atoms with Crippen LogP contribution in [0.15, 0.2) is 23.8 Å². The van der Waals surface area contributed by atoms with E-state index in [-0.39, 0.29) is 67.0 Å². The summed E-state index contributed by atoms with van der Waals surface area (Å²) in [6.45, 7) is 15.0. The molecule has 8 heteroatoms. The first-order chi connectivity index (χ1) is 12.9. The maximum absolute atomic E-state index is 11.0. The van der Waals surface area contributed by atoms with Crippen LogP contribution in [-0.2, 0) is 49.7 Å². The number of amides is 2. The molecule has 0 N–H and O–H groups in total. The van der Waals surface area contributed by atoms with Gasteiger partial charge in [-0.25, -0.2) is 0 Å². The maximum Gasteiger partial charge on any atom is 0.256 e. The molecule has 7 nitrogen and oxygen atoms in total. The summed E-state index contributed by atoms with van der Waals surface area (Å²) in [6.07, 6.45) is 1.41. The molecule has 31 heavy (non-hydrogen) atoms. The van der Waals surface area contributed by atoms with Crippen LogP contribution in [0.4, 0.5) is 0 Å². The Bertz CT molecular complexity index is 590. The molecule has 184 valence electrons. The Morgan fingerprint density at radius 3 is 1.68 bits per heavy atom. The monoisotopic (exact) mass is 615 g/mol. The van der Waals surface area contributed by atoms with E-state index in [1.54, 1.807) is 21.0 Å². The van der Waals surface area contributed by atoms with E-state index in [4.69, 9.17) is 10.8 Å². The van der Waals surface area contributed by atoms with Crippen molar-refractivity contribution in [2.24, 2.45) is 5.41 Å². The average molecular weight is 615 g/mol. The van der Waals surface area contributed by atoms with E-state index in [2.05, 4.69) is 18.2 Å². The summed E-state index contributed by atoms with van der Waals surface area (Å²) in [4.78, 5) is 32.8. The first kappa shape index (κ1) is 37.2. The van der Waals surface area contributed by atoms with Gasteiger partial charge in [-0.1, -0.05) is 48.8 Å². The maximum atomic E-state index is 11.0. The van der Waals surface area contributed by atoms with Crippen molar-refractivity contribution in [2.45, 2.75) is 63.0 Å². The van der Waals surface area contributed by atoms with E-state index in [1.165, 1.54) is 20.0 Å². The van der Waals surface area contributed by atoms with Crippen LogP contribution < -0.4 is 0 Å². The molecule has 3 rings (SSSR count). The predicted molar refractivity (Wildman–Crippen MR) is 123 cm³/mol. The molecule has 1 unspecified atom stereocenters. The van der Waals surface area contributed by atoms with Crippen molar-refractivity contribution in [1.82, 2.24) is 4.90 Å². The first-order valence-corrected chi connectivity index (χ1v) is 8.59. The van der Waals surface area contributed by atoms with E-state index >= 15 is 0 Å². The number of ketones is 1. The molecule has 0 aliphatic carbocycles. The van der Waals surface area contributed by atoms with Crippen LogP contribution in [0.5, 0.6) is 0 Å². The fourth-order valence-corrected chi connectivity index (χ4v) is 1.87. The average Bonchev–Trinajstić information content (AvgIpc) is 3.26. The molecule has 3 aliphatic rings. The van der Waals surface area contributed by atoms with Crippen molar-refractivity contribution in [3.63, 3.8) is 0 Å². The number of imide groups is 1. The topological polar surface area (TPSA) is 85.4 Å². The zero-order valence-electron chi connectivity index (χ0n) is 18.8. The fourth-order valence-electron chi connectivity index (χ4n) is 1.87. The van der Waals surface area contributed by atoms with Crippen molar-refractivity contribution in [3.8, 4) is 0 Å². The predicted octanol–water partition coefficient (Wildman–Crippen LogP) is 4.22. The summed E-state index contributed by atoms with van der Waals surface area (Å²) in [5.41, 5.74) is 1.45. The Morgan fingerprint density at radius 2 is 1.61 bits per heavy atom. The number of allylic oxidation sites excluding steroid dienone is 1. The van der Waals surface area contributed by atoms with Crippen molar-refractivity contribution in [2.75, 3.05) is 34.0 Å². The molecule has 0 aromatic rings. The quantitative estimate of drug-likeness (QED) is 0.205. The molecular weight excluding hydrogens is 570 g/mol. The van der Waals surface area contributed by atoms with Gasteiger partial charge in [0.2, 0.25) is 0 Å². The van der Waals surface area contributed by atoms with Crippen LogP contribution in [0, 0.1) is 12.0 Å². The molecule has 0 aromatic carbocycles. The largest absolute Gasteiger partial charge is 0.570 e. The van der Waals surface area contributed by atoms with E-state index in [0.29, 0.717) is 23.1 Å². The van der Waals surface area contributed by atoms with Crippen molar-refractivity contribution in [3.05, 3.63) is 30.4 Å². The molecule has 1 atom stereocenters. The summed E-state index contributed by atoms with van der Waals surface area (Å²) in [6, 6.07) is 0. The van der Waals surface area contributed by atoms with Gasteiger partial charge in [0.25, 0.3) is 11.8 Å². The Morgan fingerprint density at radius 1 is 1.29 bits per heavy atom. The number of hydrogen-bond acceptors (Lipinski definition) is 6. The molecule has 2 amide bonds. The fraction of sp³-hybridized carbons (Fsp3) is 0.652. The number of epoxide rings is 1. The van der Waals surface area contributed by atoms with Crippen LogP contribution in [-0.4, -0.2) is 62.6 Å². The van der Waals surface area contributed by atoms with Crippen molar-refractivity contribution < 1.29 is 51.0 Å². The van der Waals surface area contributed by atoms with Gasteiger partial charge in [-0.3, -0.25) is 19.3 Å². The zero-order chi connectivity index (χ0) is 22.1. The van der Waals surface area contributed by atoms with Gasteiger partial charge in [-0.05, 0) is 26.8 Å². The molecule has 0 aromatic heterocycles. The second-order valence-electron chi connectivity index (χ2n) is 6.85. The van der Waals surface area contributed by atoms with Gasteiger partial charge in [0, 0.05) is 51.8 Å². The number of hydrogen-bond donors (Lipinski definition) is 0. The molecule has 3 aliphatic heterocycles. The minimum atomic E-state index is -0.178. The number of carbonyl (C=O) groups is 3. The molecule has 0 saturated carbocycles. The SMILES string of the molecule is C.C.C.C=CC(C)=O.CC1=C(C)C(=O)N(C)C1=O.COCC1(C)COC1.[2H][C-]1OC1C.[W]. The number of nitrogens with zero attached hydrogens (tertiary/aromatic N) is 1. The molecule has 2 saturated heterocycles. The van der Waals surface area contributed by atoms with Gasteiger partial charge in [0.1, 0.15) is 0 Å². The van der Waals surface area contributed by atoms with E-state index in [9.17, 15) is 14.4 Å². The van der Waals surface area contributed by atoms with E-state index < -0.39 is 0 Å². The Kier molecular flexibility index (Phi) is 23.4. The number of likely N-dealkylation sites (N-methyl/N-ethyl adjacent to an activating group) is 1. The summed E-state index contributed by atoms with van der Waals surface area (Å²) in [5.74, 6) is -0.338. The van der Waals surface area contributed by atoms with Crippen LogP contribution in [0.25, 0.3) is 0 Å². The van der Waals surface area contributed by atoms with Crippen LogP contribution in [0.2, 0.25) is 0 Å². The summed E-state index contributed by atoms with van der Waals surface area (Å²) >= 11 is 0. The molecule has 0 spiro atoms. The Hall–Kier alpha value is -1.14. The molecule has 2 fully saturated rings. The van der Waals surface area contributed by atoms with Gasteiger partial charge in [0.15, 0.2) is 5.78 Å². The van der Waals surface area contributed by atoms with Crippen molar-refractivity contribution in [1.29, 1.82) is 0 Å². The van der Waals surface area contributed by atoms with Gasteiger partial charge < -0.3 is 14.2 Å². The normalized spacial score (nSPS) is 19.9. The smallest absolute Gasteiger partial charge is 0.256 e. The second kappa shape index (κ2) is 19.5. The standard InChI is InChI=1S/C7H9NO2.C6H12O2.C4H6O.C3H5O.3CH4.W/c1-4-5(2)7(10)8(3)6(4)9;1-6(3-7-2)4-8-5-6;1-3-4(2)5;1-3-2-4-3;;;;/h1-3H3;3-5H2,1-2H3;3H,1H2,2H3;2-3H,1H3;3*1H4;/q;;;-1;;;;/i;;;2D;;;;. The minimum Gasteiger partial charge on any atom is -0.570 e. The third kappa shape index (κ3) is 16.2. The molecule has 0 radical (unpaired) electrons.